The van der Waals surface area contributed by atoms with Crippen LogP contribution in [0.25, 0.3) is 11.5 Å². The van der Waals surface area contributed by atoms with E-state index in [-0.39, 0.29) is 17.6 Å². The summed E-state index contributed by atoms with van der Waals surface area (Å²) in [5.74, 6) is 0.607. The zero-order chi connectivity index (χ0) is 17.6. The molecule has 6 heteroatoms. The van der Waals surface area contributed by atoms with Gasteiger partial charge in [0.05, 0.1) is 5.75 Å². The second kappa shape index (κ2) is 7.98. The fraction of sp³-hybridized carbons (Fsp3) is 0.211. The van der Waals surface area contributed by atoms with Crippen molar-refractivity contribution in [2.24, 2.45) is 0 Å². The van der Waals surface area contributed by atoms with Crippen molar-refractivity contribution in [3.63, 3.8) is 0 Å². The van der Waals surface area contributed by atoms with E-state index in [9.17, 15) is 4.79 Å². The van der Waals surface area contributed by atoms with Gasteiger partial charge in [0, 0.05) is 10.5 Å². The number of esters is 1. The molecule has 5 nitrogen and oxygen atoms in total. The Hall–Kier alpha value is -2.60. The molecule has 1 atom stereocenters. The third-order valence-corrected chi connectivity index (χ3v) is 4.71. The Bertz CT molecular complexity index is 849. The number of rotatable bonds is 6. The Kier molecular flexibility index (Phi) is 5.50. The summed E-state index contributed by atoms with van der Waals surface area (Å²) in [6.07, 6.45) is -0.588. The van der Waals surface area contributed by atoms with Gasteiger partial charge in [0.25, 0.3) is 5.89 Å². The summed E-state index contributed by atoms with van der Waals surface area (Å²) in [6.45, 7) is 3.73. The van der Waals surface area contributed by atoms with Gasteiger partial charge in [-0.2, -0.15) is 0 Å². The van der Waals surface area contributed by atoms with E-state index in [2.05, 4.69) is 10.2 Å². The highest BCUT2D eigenvalue weighted by molar-refractivity contribution is 8.00. The largest absolute Gasteiger partial charge is 0.452 e. The van der Waals surface area contributed by atoms with Gasteiger partial charge in [0.1, 0.15) is 0 Å². The van der Waals surface area contributed by atoms with Crippen molar-refractivity contribution in [1.82, 2.24) is 10.2 Å². The molecule has 1 heterocycles. The maximum absolute atomic E-state index is 12.1. The zero-order valence-electron chi connectivity index (χ0n) is 14.0. The van der Waals surface area contributed by atoms with Crippen LogP contribution in [0.4, 0.5) is 0 Å². The number of carbonyl (C=O) groups is 1. The Morgan fingerprint density at radius 2 is 1.84 bits per heavy atom. The van der Waals surface area contributed by atoms with E-state index < -0.39 is 6.10 Å². The van der Waals surface area contributed by atoms with Crippen LogP contribution >= 0.6 is 11.8 Å². The van der Waals surface area contributed by atoms with Crippen LogP contribution in [0, 0.1) is 6.92 Å². The van der Waals surface area contributed by atoms with Gasteiger partial charge in [-0.15, -0.1) is 22.0 Å². The van der Waals surface area contributed by atoms with Crippen molar-refractivity contribution >= 4 is 17.7 Å². The second-order valence-corrected chi connectivity index (χ2v) is 6.51. The maximum Gasteiger partial charge on any atom is 0.317 e. The molecule has 0 spiro atoms. The Morgan fingerprint density at radius 1 is 1.12 bits per heavy atom. The summed E-state index contributed by atoms with van der Waals surface area (Å²) in [5.41, 5.74) is 1.97. The quantitative estimate of drug-likeness (QED) is 0.481. The minimum absolute atomic E-state index is 0.231. The monoisotopic (exact) mass is 354 g/mol. The molecule has 0 N–H and O–H groups in total. The molecule has 3 rings (SSSR count). The summed E-state index contributed by atoms with van der Waals surface area (Å²) in [5, 5.41) is 7.98. The normalized spacial score (nSPS) is 11.9. The van der Waals surface area contributed by atoms with Crippen molar-refractivity contribution in [2.75, 3.05) is 5.75 Å². The molecule has 25 heavy (non-hydrogen) atoms. The van der Waals surface area contributed by atoms with E-state index in [1.165, 1.54) is 11.8 Å². The van der Waals surface area contributed by atoms with Crippen LogP contribution in [0.1, 0.15) is 24.5 Å². The van der Waals surface area contributed by atoms with Crippen LogP contribution in [0.3, 0.4) is 0 Å². The lowest BCUT2D eigenvalue weighted by molar-refractivity contribution is -0.146. The fourth-order valence-corrected chi connectivity index (χ4v) is 3.04. The predicted octanol–water partition coefficient (Wildman–Crippen LogP) is 4.44. The minimum Gasteiger partial charge on any atom is -0.452 e. The van der Waals surface area contributed by atoms with Gasteiger partial charge in [0.2, 0.25) is 5.89 Å². The average Bonchev–Trinajstić information content (AvgIpc) is 3.12. The number of ether oxygens (including phenoxy) is 1. The van der Waals surface area contributed by atoms with E-state index in [4.69, 9.17) is 9.15 Å². The smallest absolute Gasteiger partial charge is 0.317 e. The molecule has 0 saturated carbocycles. The topological polar surface area (TPSA) is 65.2 Å². The lowest BCUT2D eigenvalue weighted by atomic mass is 10.2. The van der Waals surface area contributed by atoms with Crippen LogP contribution < -0.4 is 0 Å². The van der Waals surface area contributed by atoms with Gasteiger partial charge >= 0.3 is 5.97 Å². The molecule has 2 aromatic carbocycles. The molecule has 0 unspecified atom stereocenters. The number of aryl methyl sites for hydroxylation is 1. The summed E-state index contributed by atoms with van der Waals surface area (Å²) < 4.78 is 11.0. The van der Waals surface area contributed by atoms with E-state index >= 15 is 0 Å². The van der Waals surface area contributed by atoms with Crippen LogP contribution in [0.5, 0.6) is 0 Å². The van der Waals surface area contributed by atoms with Crippen molar-refractivity contribution in [2.45, 2.75) is 24.8 Å². The number of hydrogen-bond donors (Lipinski definition) is 0. The number of aromatic nitrogens is 2. The van der Waals surface area contributed by atoms with Gasteiger partial charge < -0.3 is 9.15 Å². The highest BCUT2D eigenvalue weighted by atomic mass is 32.2. The van der Waals surface area contributed by atoms with Gasteiger partial charge in [0.15, 0.2) is 6.10 Å². The number of thioether (sulfide) groups is 1. The third kappa shape index (κ3) is 4.48. The molecule has 0 amide bonds. The summed E-state index contributed by atoms with van der Waals surface area (Å²) in [7, 11) is 0. The van der Waals surface area contributed by atoms with Crippen LogP contribution in [-0.2, 0) is 9.53 Å². The summed E-state index contributed by atoms with van der Waals surface area (Å²) in [6, 6.07) is 17.4. The molecule has 0 aliphatic carbocycles. The first kappa shape index (κ1) is 17.2. The van der Waals surface area contributed by atoms with Gasteiger partial charge in [-0.05, 0) is 37.6 Å². The lowest BCUT2D eigenvalue weighted by Gasteiger charge is -2.09. The Balaban J connectivity index is 1.57. The number of benzene rings is 2. The van der Waals surface area contributed by atoms with Crippen LogP contribution in [0.2, 0.25) is 0 Å². The van der Waals surface area contributed by atoms with Crippen molar-refractivity contribution in [1.29, 1.82) is 0 Å². The van der Waals surface area contributed by atoms with E-state index in [1.807, 2.05) is 61.5 Å². The van der Waals surface area contributed by atoms with Gasteiger partial charge in [-0.1, -0.05) is 36.4 Å². The Labute approximate surface area is 150 Å². The highest BCUT2D eigenvalue weighted by Crippen LogP contribution is 2.24. The molecule has 0 radical (unpaired) electrons. The Morgan fingerprint density at radius 3 is 2.60 bits per heavy atom. The molecule has 3 aromatic rings. The van der Waals surface area contributed by atoms with Crippen molar-refractivity contribution in [3.8, 4) is 11.5 Å². The fourth-order valence-electron chi connectivity index (χ4n) is 2.23. The summed E-state index contributed by atoms with van der Waals surface area (Å²) in [4.78, 5) is 13.1. The molecule has 0 aliphatic heterocycles. The first-order valence-corrected chi connectivity index (χ1v) is 8.89. The first-order valence-electron chi connectivity index (χ1n) is 7.90. The van der Waals surface area contributed by atoms with Gasteiger partial charge in [-0.25, -0.2) is 0 Å². The molecule has 128 valence electrons. The minimum atomic E-state index is -0.588. The van der Waals surface area contributed by atoms with E-state index in [0.717, 1.165) is 16.0 Å². The molecule has 0 aliphatic rings. The number of hydrogen-bond acceptors (Lipinski definition) is 6. The maximum atomic E-state index is 12.1. The average molecular weight is 354 g/mol. The SMILES string of the molecule is Cc1ccccc1SCC(=O)O[C@H](C)c1nnc(-c2ccccc2)o1. The molecule has 0 saturated heterocycles. The predicted molar refractivity (Wildman–Crippen MR) is 96.1 cm³/mol. The number of nitrogens with zero attached hydrogens (tertiary/aromatic N) is 2. The van der Waals surface area contributed by atoms with Gasteiger partial charge in [-0.3, -0.25) is 4.79 Å². The molecular weight excluding hydrogens is 336 g/mol. The highest BCUT2D eigenvalue weighted by Gasteiger charge is 2.19. The lowest BCUT2D eigenvalue weighted by Crippen LogP contribution is -2.11. The van der Waals surface area contributed by atoms with Crippen LogP contribution in [0.15, 0.2) is 63.9 Å². The molecular formula is C19H18N2O3S. The van der Waals surface area contributed by atoms with E-state index in [0.29, 0.717) is 5.89 Å². The third-order valence-electron chi connectivity index (χ3n) is 3.56. The molecule has 1 aromatic heterocycles. The number of carbonyl (C=O) groups excluding carboxylic acids is 1. The second-order valence-electron chi connectivity index (χ2n) is 5.50. The molecule has 0 bridgehead atoms. The van der Waals surface area contributed by atoms with Crippen LogP contribution in [-0.4, -0.2) is 21.9 Å². The first-order chi connectivity index (χ1) is 12.1. The molecule has 0 fully saturated rings. The summed E-state index contributed by atoms with van der Waals surface area (Å²) >= 11 is 1.45. The zero-order valence-corrected chi connectivity index (χ0v) is 14.8. The van der Waals surface area contributed by atoms with Crippen molar-refractivity contribution in [3.05, 3.63) is 66.1 Å². The van der Waals surface area contributed by atoms with Crippen molar-refractivity contribution < 1.29 is 13.9 Å². The standard InChI is InChI=1S/C19H18N2O3S/c1-13-8-6-7-11-16(13)25-12-17(22)23-14(2)18-20-21-19(24-18)15-9-4-3-5-10-15/h3-11,14H,12H2,1-2H3/t14-/m1/s1. The van der Waals surface area contributed by atoms with E-state index in [1.54, 1.807) is 6.92 Å².